The molecule has 186 valence electrons. The summed E-state index contributed by atoms with van der Waals surface area (Å²) in [5, 5.41) is 32.4. The molecule has 1 heterocycles. The van der Waals surface area contributed by atoms with Gasteiger partial charge in [-0.15, -0.1) is 0 Å². The molecule has 35 heavy (non-hydrogen) atoms. The lowest BCUT2D eigenvalue weighted by atomic mass is 9.98. The van der Waals surface area contributed by atoms with Crippen molar-refractivity contribution in [3.8, 4) is 23.0 Å². The van der Waals surface area contributed by atoms with Gasteiger partial charge >= 0.3 is 0 Å². The van der Waals surface area contributed by atoms with Gasteiger partial charge in [0.05, 0.1) is 12.5 Å². The molecule has 0 aliphatic carbocycles. The van der Waals surface area contributed by atoms with E-state index in [1.165, 1.54) is 24.8 Å². The third-order valence-electron chi connectivity index (χ3n) is 6.01. The molecule has 1 aromatic heterocycles. The Bertz CT molecular complexity index is 1410. The highest BCUT2D eigenvalue weighted by atomic mass is 16.5. The van der Waals surface area contributed by atoms with Gasteiger partial charge in [-0.2, -0.15) is 0 Å². The van der Waals surface area contributed by atoms with Crippen LogP contribution in [0.1, 0.15) is 58.6 Å². The summed E-state index contributed by atoms with van der Waals surface area (Å²) in [6.07, 6.45) is 8.43. The van der Waals surface area contributed by atoms with Crippen molar-refractivity contribution in [3.63, 3.8) is 0 Å². The fourth-order valence-electron chi connectivity index (χ4n) is 4.12. The van der Waals surface area contributed by atoms with E-state index in [9.17, 15) is 20.1 Å². The zero-order valence-electron chi connectivity index (χ0n) is 21.3. The monoisotopic (exact) mass is 478 g/mol. The van der Waals surface area contributed by atoms with Crippen molar-refractivity contribution >= 4 is 21.9 Å². The van der Waals surface area contributed by atoms with Crippen LogP contribution in [-0.2, 0) is 12.8 Å². The molecule has 0 aliphatic heterocycles. The second-order valence-corrected chi connectivity index (χ2v) is 9.37. The number of allylic oxidation sites excluding steroid dienone is 6. The number of benzene rings is 2. The number of rotatable bonds is 8. The summed E-state index contributed by atoms with van der Waals surface area (Å²) in [6.45, 7) is 9.99. The maximum Gasteiger partial charge on any atom is 0.204 e. The molecule has 0 atom stereocenters. The van der Waals surface area contributed by atoms with Crippen LogP contribution >= 0.6 is 0 Å². The lowest BCUT2D eigenvalue weighted by Gasteiger charge is -2.14. The minimum Gasteiger partial charge on any atom is -0.507 e. The van der Waals surface area contributed by atoms with Crippen LogP contribution in [-0.4, -0.2) is 22.4 Å². The zero-order chi connectivity index (χ0) is 25.9. The first-order valence-electron chi connectivity index (χ1n) is 11.7. The molecule has 0 amide bonds. The van der Waals surface area contributed by atoms with Crippen molar-refractivity contribution in [1.29, 1.82) is 0 Å². The van der Waals surface area contributed by atoms with Gasteiger partial charge in [0.1, 0.15) is 28.1 Å². The number of phenols is 3. The largest absolute Gasteiger partial charge is 0.507 e. The van der Waals surface area contributed by atoms with E-state index >= 15 is 0 Å². The average Bonchev–Trinajstić information content (AvgIpc) is 2.76. The van der Waals surface area contributed by atoms with E-state index in [1.54, 1.807) is 0 Å². The maximum atomic E-state index is 13.7. The van der Waals surface area contributed by atoms with Gasteiger partial charge in [0.15, 0.2) is 11.5 Å². The van der Waals surface area contributed by atoms with Gasteiger partial charge in [-0.3, -0.25) is 4.79 Å². The van der Waals surface area contributed by atoms with E-state index < -0.39 is 5.43 Å². The van der Waals surface area contributed by atoms with E-state index in [0.717, 1.165) is 24.0 Å². The Labute approximate surface area is 205 Å². The van der Waals surface area contributed by atoms with E-state index in [4.69, 9.17) is 9.15 Å². The molecule has 0 spiro atoms. The molecule has 0 saturated heterocycles. The first-order chi connectivity index (χ1) is 16.5. The Morgan fingerprint density at radius 2 is 1.46 bits per heavy atom. The average molecular weight is 479 g/mol. The van der Waals surface area contributed by atoms with Crippen LogP contribution in [0.5, 0.6) is 23.0 Å². The number of methoxy groups -OCH3 is 1. The molecule has 2 aromatic carbocycles. The number of hydrogen-bond donors (Lipinski definition) is 3. The van der Waals surface area contributed by atoms with E-state index in [1.807, 2.05) is 32.9 Å². The minimum absolute atomic E-state index is 0.00733. The highest BCUT2D eigenvalue weighted by molar-refractivity contribution is 5.97. The Hall–Kier alpha value is -3.67. The molecule has 0 unspecified atom stereocenters. The van der Waals surface area contributed by atoms with Crippen molar-refractivity contribution in [1.82, 2.24) is 0 Å². The Morgan fingerprint density at radius 1 is 0.857 bits per heavy atom. The second kappa shape index (κ2) is 10.7. The summed E-state index contributed by atoms with van der Waals surface area (Å²) in [5.74, 6) is -0.425. The van der Waals surface area contributed by atoms with Crippen LogP contribution in [0.25, 0.3) is 21.9 Å². The molecule has 0 fully saturated rings. The van der Waals surface area contributed by atoms with Gasteiger partial charge in [0, 0.05) is 23.3 Å². The Morgan fingerprint density at radius 3 is 2.09 bits per heavy atom. The topological polar surface area (TPSA) is 100 Å². The molecule has 0 radical (unpaired) electrons. The quantitative estimate of drug-likeness (QED) is 0.243. The van der Waals surface area contributed by atoms with E-state index in [2.05, 4.69) is 19.9 Å². The Kier molecular flexibility index (Phi) is 7.95. The molecule has 3 rings (SSSR count). The molecule has 0 bridgehead atoms. The first kappa shape index (κ1) is 25.9. The number of fused-ring (bicyclic) bond motifs is 2. The molecule has 3 N–H and O–H groups in total. The third-order valence-corrected chi connectivity index (χ3v) is 6.01. The number of phenolic OH excluding ortho intramolecular Hbond substituents is 3. The number of aromatic hydroxyl groups is 3. The molecular weight excluding hydrogens is 444 g/mol. The van der Waals surface area contributed by atoms with Crippen LogP contribution in [0, 0.1) is 0 Å². The summed E-state index contributed by atoms with van der Waals surface area (Å²) in [6, 6.07) is 2.66. The smallest absolute Gasteiger partial charge is 0.204 e. The van der Waals surface area contributed by atoms with Crippen LogP contribution in [0.2, 0.25) is 0 Å². The standard InChI is InChI=1S/C29H34O6/c1-16(2)8-7-9-18(5)11-13-19-21(30)14-24-26(27(19)32)28(33)25-20(12-10-17(3)4)29(34-6)22(31)15-23(25)35-24/h8,10-11,14-15,30-32H,7,9,12-13H2,1-6H3/b18-11-. The van der Waals surface area contributed by atoms with Crippen LogP contribution in [0.4, 0.5) is 0 Å². The molecule has 6 heteroatoms. The van der Waals surface area contributed by atoms with Crippen molar-refractivity contribution in [3.05, 3.63) is 68.4 Å². The lowest BCUT2D eigenvalue weighted by molar-refractivity contribution is 0.370. The van der Waals surface area contributed by atoms with Crippen LogP contribution in [0.15, 0.2) is 56.3 Å². The fraction of sp³-hybridized carbons (Fsp3) is 0.345. The second-order valence-electron chi connectivity index (χ2n) is 9.37. The van der Waals surface area contributed by atoms with Gasteiger partial charge in [0.2, 0.25) is 5.43 Å². The van der Waals surface area contributed by atoms with Gasteiger partial charge in [-0.1, -0.05) is 34.9 Å². The molecule has 3 aromatic rings. The molecule has 6 nitrogen and oxygen atoms in total. The van der Waals surface area contributed by atoms with Crippen molar-refractivity contribution in [2.45, 2.75) is 60.3 Å². The van der Waals surface area contributed by atoms with Gasteiger partial charge in [-0.25, -0.2) is 0 Å². The van der Waals surface area contributed by atoms with Crippen LogP contribution in [0.3, 0.4) is 0 Å². The summed E-state index contributed by atoms with van der Waals surface area (Å²) in [4.78, 5) is 13.7. The molecule has 0 aliphatic rings. The minimum atomic E-state index is -0.445. The van der Waals surface area contributed by atoms with Crippen LogP contribution < -0.4 is 10.2 Å². The van der Waals surface area contributed by atoms with Crippen molar-refractivity contribution in [2.24, 2.45) is 0 Å². The number of hydrogen-bond acceptors (Lipinski definition) is 6. The maximum absolute atomic E-state index is 13.7. The fourth-order valence-corrected chi connectivity index (χ4v) is 4.12. The summed E-state index contributed by atoms with van der Waals surface area (Å²) in [5.41, 5.74) is 3.91. The third kappa shape index (κ3) is 5.53. The normalized spacial score (nSPS) is 11.7. The molecule has 0 saturated carbocycles. The van der Waals surface area contributed by atoms with Gasteiger partial charge in [-0.05, 0) is 60.3 Å². The van der Waals surface area contributed by atoms with E-state index in [-0.39, 0.29) is 56.9 Å². The highest BCUT2D eigenvalue weighted by Gasteiger charge is 2.23. The Balaban J connectivity index is 2.21. The lowest BCUT2D eigenvalue weighted by Crippen LogP contribution is -2.08. The predicted molar refractivity (Wildman–Crippen MR) is 141 cm³/mol. The summed E-state index contributed by atoms with van der Waals surface area (Å²) >= 11 is 0. The SMILES string of the molecule is COc1c(O)cc2oc3cc(O)c(C/C=C(/C)CCC=C(C)C)c(O)c3c(=O)c2c1CC=C(C)C. The van der Waals surface area contributed by atoms with Crippen molar-refractivity contribution < 1.29 is 24.5 Å². The predicted octanol–water partition coefficient (Wildman–Crippen LogP) is 6.82. The highest BCUT2D eigenvalue weighted by Crippen LogP contribution is 2.40. The number of ether oxygens (including phenoxy) is 1. The molecular formula is C29H34O6. The van der Waals surface area contributed by atoms with Gasteiger partial charge < -0.3 is 24.5 Å². The first-order valence-corrected chi connectivity index (χ1v) is 11.7. The summed E-state index contributed by atoms with van der Waals surface area (Å²) < 4.78 is 11.3. The van der Waals surface area contributed by atoms with E-state index in [0.29, 0.717) is 12.0 Å². The van der Waals surface area contributed by atoms with Gasteiger partial charge in [0.25, 0.3) is 0 Å². The summed E-state index contributed by atoms with van der Waals surface area (Å²) in [7, 11) is 1.43. The van der Waals surface area contributed by atoms with Crippen molar-refractivity contribution in [2.75, 3.05) is 7.11 Å². The zero-order valence-corrected chi connectivity index (χ0v) is 21.3.